The van der Waals surface area contributed by atoms with Gasteiger partial charge in [0.25, 0.3) is 0 Å². The number of rotatable bonds is 6. The van der Waals surface area contributed by atoms with Crippen LogP contribution in [0.3, 0.4) is 0 Å². The Morgan fingerprint density at radius 3 is 2.79 bits per heavy atom. The van der Waals surface area contributed by atoms with Gasteiger partial charge in [-0.25, -0.2) is 4.98 Å². The van der Waals surface area contributed by atoms with Crippen molar-refractivity contribution in [2.24, 2.45) is 0 Å². The monoisotopic (exact) mass is 295 g/mol. The van der Waals surface area contributed by atoms with Crippen molar-refractivity contribution < 1.29 is 0 Å². The third kappa shape index (κ3) is 3.35. The second kappa shape index (κ2) is 6.50. The summed E-state index contributed by atoms with van der Waals surface area (Å²) in [5.74, 6) is 0. The van der Waals surface area contributed by atoms with E-state index in [1.165, 1.54) is 9.75 Å². The molecule has 0 radical (unpaired) electrons. The van der Waals surface area contributed by atoms with Gasteiger partial charge in [0.1, 0.15) is 0 Å². The molecule has 0 aliphatic heterocycles. The molecular formula is C14H21N3S2. The zero-order chi connectivity index (χ0) is 13.8. The van der Waals surface area contributed by atoms with Crippen molar-refractivity contribution in [1.29, 1.82) is 0 Å². The van der Waals surface area contributed by atoms with E-state index in [0.29, 0.717) is 12.1 Å². The first-order valence-electron chi connectivity index (χ1n) is 6.58. The molecule has 0 aliphatic rings. The van der Waals surface area contributed by atoms with Crippen LogP contribution in [-0.2, 0) is 0 Å². The number of aromatic nitrogens is 1. The van der Waals surface area contributed by atoms with Gasteiger partial charge < -0.3 is 10.2 Å². The van der Waals surface area contributed by atoms with Crippen LogP contribution in [-0.4, -0.2) is 18.6 Å². The summed E-state index contributed by atoms with van der Waals surface area (Å²) < 4.78 is 0. The van der Waals surface area contributed by atoms with Crippen molar-refractivity contribution >= 4 is 27.8 Å². The molecule has 2 heterocycles. The van der Waals surface area contributed by atoms with Gasteiger partial charge in [-0.1, -0.05) is 13.0 Å². The highest BCUT2D eigenvalue weighted by Gasteiger charge is 2.17. The number of hydrogen-bond acceptors (Lipinski definition) is 5. The maximum Gasteiger partial charge on any atom is 0.185 e. The average molecular weight is 295 g/mol. The zero-order valence-electron chi connectivity index (χ0n) is 11.9. The van der Waals surface area contributed by atoms with E-state index in [1.807, 2.05) is 6.20 Å². The molecule has 0 spiro atoms. The molecule has 0 amide bonds. The fourth-order valence-corrected chi connectivity index (χ4v) is 3.74. The topological polar surface area (TPSA) is 28.2 Å². The number of thiazole rings is 1. The summed E-state index contributed by atoms with van der Waals surface area (Å²) in [5.41, 5.74) is 0. The average Bonchev–Trinajstić information content (AvgIpc) is 3.08. The minimum absolute atomic E-state index is 0.369. The van der Waals surface area contributed by atoms with Crippen molar-refractivity contribution in [1.82, 2.24) is 10.3 Å². The van der Waals surface area contributed by atoms with Crippen molar-refractivity contribution in [3.8, 4) is 0 Å². The largest absolute Gasteiger partial charge is 0.344 e. The predicted octanol–water partition coefficient (Wildman–Crippen LogP) is 4.07. The first-order valence-corrected chi connectivity index (χ1v) is 8.28. The Bertz CT molecular complexity index is 493. The van der Waals surface area contributed by atoms with E-state index in [1.54, 1.807) is 22.7 Å². The molecule has 0 bridgehead atoms. The summed E-state index contributed by atoms with van der Waals surface area (Å²) in [6.07, 6.45) is 1.99. The molecule has 0 fully saturated rings. The second-order valence-corrected chi connectivity index (χ2v) is 6.65. The lowest BCUT2D eigenvalue weighted by Crippen LogP contribution is -2.20. The van der Waals surface area contributed by atoms with Crippen LogP contribution in [0, 0.1) is 0 Å². The summed E-state index contributed by atoms with van der Waals surface area (Å²) in [6, 6.07) is 5.03. The van der Waals surface area contributed by atoms with E-state index >= 15 is 0 Å². The third-order valence-corrected chi connectivity index (χ3v) is 5.60. The Balaban J connectivity index is 2.09. The molecule has 2 aromatic heterocycles. The zero-order valence-corrected chi connectivity index (χ0v) is 13.5. The van der Waals surface area contributed by atoms with Gasteiger partial charge in [0.05, 0.1) is 6.04 Å². The van der Waals surface area contributed by atoms with Crippen LogP contribution in [0.1, 0.15) is 42.6 Å². The molecule has 2 rings (SSSR count). The lowest BCUT2D eigenvalue weighted by Gasteiger charge is -2.23. The number of nitrogens with one attached hydrogen (secondary N) is 1. The van der Waals surface area contributed by atoms with Crippen LogP contribution >= 0.6 is 22.7 Å². The van der Waals surface area contributed by atoms with E-state index in [-0.39, 0.29) is 0 Å². The Morgan fingerprint density at radius 1 is 1.37 bits per heavy atom. The fourth-order valence-electron chi connectivity index (χ4n) is 1.93. The van der Waals surface area contributed by atoms with Crippen LogP contribution in [0.4, 0.5) is 5.13 Å². The maximum atomic E-state index is 4.56. The molecular weight excluding hydrogens is 274 g/mol. The van der Waals surface area contributed by atoms with Crippen LogP contribution in [0.25, 0.3) is 0 Å². The van der Waals surface area contributed by atoms with Crippen molar-refractivity contribution in [3.05, 3.63) is 33.5 Å². The van der Waals surface area contributed by atoms with Gasteiger partial charge in [-0.3, -0.25) is 0 Å². The van der Waals surface area contributed by atoms with Crippen LogP contribution < -0.4 is 10.2 Å². The summed E-state index contributed by atoms with van der Waals surface area (Å²) in [4.78, 5) is 9.48. The molecule has 104 valence electrons. The Labute approximate surface area is 123 Å². The standard InChI is InChI=1S/C14H21N3S2/c1-5-15-10(2)13-9-16-14(19-13)17(4)11(3)12-7-6-8-18-12/h6-11,15H,5H2,1-4H3. The highest BCUT2D eigenvalue weighted by molar-refractivity contribution is 7.15. The van der Waals surface area contributed by atoms with Gasteiger partial charge in [0.15, 0.2) is 5.13 Å². The molecule has 2 aromatic rings. The van der Waals surface area contributed by atoms with Gasteiger partial charge >= 0.3 is 0 Å². The first-order chi connectivity index (χ1) is 9.13. The highest BCUT2D eigenvalue weighted by Crippen LogP contribution is 2.32. The third-order valence-electron chi connectivity index (χ3n) is 3.29. The molecule has 0 saturated heterocycles. The molecule has 0 aliphatic carbocycles. The minimum atomic E-state index is 0.369. The van der Waals surface area contributed by atoms with Crippen LogP contribution in [0.5, 0.6) is 0 Å². The van der Waals surface area contributed by atoms with Crippen LogP contribution in [0.15, 0.2) is 23.7 Å². The van der Waals surface area contributed by atoms with Crippen molar-refractivity contribution in [2.45, 2.75) is 32.9 Å². The fraction of sp³-hybridized carbons (Fsp3) is 0.500. The maximum absolute atomic E-state index is 4.56. The van der Waals surface area contributed by atoms with Gasteiger partial charge in [0, 0.05) is 29.0 Å². The van der Waals surface area contributed by atoms with Gasteiger partial charge in [-0.2, -0.15) is 0 Å². The Hall–Kier alpha value is -0.910. The molecule has 2 atom stereocenters. The molecule has 19 heavy (non-hydrogen) atoms. The normalized spacial score (nSPS) is 14.3. The van der Waals surface area contributed by atoms with E-state index in [4.69, 9.17) is 0 Å². The first kappa shape index (κ1) is 14.5. The highest BCUT2D eigenvalue weighted by atomic mass is 32.1. The molecule has 2 unspecified atom stereocenters. The van der Waals surface area contributed by atoms with Gasteiger partial charge in [-0.05, 0) is 31.8 Å². The van der Waals surface area contributed by atoms with E-state index < -0.39 is 0 Å². The van der Waals surface area contributed by atoms with E-state index in [9.17, 15) is 0 Å². The lowest BCUT2D eigenvalue weighted by atomic mass is 10.2. The number of nitrogens with zero attached hydrogens (tertiary/aromatic N) is 2. The van der Waals surface area contributed by atoms with Gasteiger partial charge in [-0.15, -0.1) is 22.7 Å². The minimum Gasteiger partial charge on any atom is -0.344 e. The lowest BCUT2D eigenvalue weighted by molar-refractivity contribution is 0.606. The number of thiophene rings is 1. The molecule has 0 saturated carbocycles. The Kier molecular flexibility index (Phi) is 4.96. The summed E-state index contributed by atoms with van der Waals surface area (Å²) in [5, 5.41) is 6.63. The summed E-state index contributed by atoms with van der Waals surface area (Å²) in [6.45, 7) is 7.52. The summed E-state index contributed by atoms with van der Waals surface area (Å²) >= 11 is 3.57. The molecule has 1 N–H and O–H groups in total. The number of anilines is 1. The van der Waals surface area contributed by atoms with E-state index in [0.717, 1.165) is 11.7 Å². The number of hydrogen-bond donors (Lipinski definition) is 1. The second-order valence-electron chi connectivity index (χ2n) is 4.63. The Morgan fingerprint density at radius 2 is 2.16 bits per heavy atom. The van der Waals surface area contributed by atoms with Crippen molar-refractivity contribution in [3.63, 3.8) is 0 Å². The van der Waals surface area contributed by atoms with Crippen LogP contribution in [0.2, 0.25) is 0 Å². The SMILES string of the molecule is CCNC(C)c1cnc(N(C)C(C)c2cccs2)s1. The smallest absolute Gasteiger partial charge is 0.185 e. The summed E-state index contributed by atoms with van der Waals surface area (Å²) in [7, 11) is 2.12. The molecule has 0 aromatic carbocycles. The molecule has 5 heteroatoms. The van der Waals surface area contributed by atoms with Crippen molar-refractivity contribution in [2.75, 3.05) is 18.5 Å². The predicted molar refractivity (Wildman–Crippen MR) is 85.3 cm³/mol. The van der Waals surface area contributed by atoms with E-state index in [2.05, 4.69) is 60.5 Å². The van der Waals surface area contributed by atoms with Gasteiger partial charge in [0.2, 0.25) is 0 Å². The molecule has 3 nitrogen and oxygen atoms in total. The quantitative estimate of drug-likeness (QED) is 0.870.